The number of carbonyl (C=O) groups is 1. The Morgan fingerprint density at radius 1 is 1.42 bits per heavy atom. The topological polar surface area (TPSA) is 58.2 Å². The number of nitrogens with zero attached hydrogens (tertiary/aromatic N) is 2. The number of ether oxygens (including phenoxy) is 1. The number of H-pyrrole nitrogens is 1. The quantitative estimate of drug-likeness (QED) is 0.935. The fourth-order valence-electron chi connectivity index (χ4n) is 2.94. The van der Waals surface area contributed by atoms with Gasteiger partial charge in [0, 0.05) is 31.4 Å². The van der Waals surface area contributed by atoms with Crippen LogP contribution < -0.4 is 4.74 Å². The van der Waals surface area contributed by atoms with Crippen LogP contribution >= 0.6 is 0 Å². The molecule has 1 unspecified atom stereocenters. The van der Waals surface area contributed by atoms with Gasteiger partial charge in [-0.15, -0.1) is 0 Å². The van der Waals surface area contributed by atoms with Gasteiger partial charge in [-0.2, -0.15) is 13.2 Å². The van der Waals surface area contributed by atoms with E-state index in [4.69, 9.17) is 4.74 Å². The van der Waals surface area contributed by atoms with E-state index in [1.807, 2.05) is 0 Å². The van der Waals surface area contributed by atoms with Crippen molar-refractivity contribution in [2.24, 2.45) is 0 Å². The third-order valence-electron chi connectivity index (χ3n) is 4.18. The number of nitrogens with one attached hydrogen (secondary N) is 1. The molecule has 1 amide bonds. The fraction of sp³-hybridized carbons (Fsp3) is 0.375. The fourth-order valence-corrected chi connectivity index (χ4v) is 2.94. The van der Waals surface area contributed by atoms with E-state index in [1.54, 1.807) is 11.1 Å². The van der Waals surface area contributed by atoms with E-state index in [0.717, 1.165) is 11.6 Å². The number of likely N-dealkylation sites (tertiary alicyclic amines) is 1. The zero-order chi connectivity index (χ0) is 17.3. The maximum absolute atomic E-state index is 12.9. The molecule has 5 nitrogen and oxygen atoms in total. The average Bonchev–Trinajstić information content (AvgIpc) is 3.24. The molecule has 2 heterocycles. The maximum atomic E-state index is 12.9. The van der Waals surface area contributed by atoms with Crippen molar-refractivity contribution in [1.29, 1.82) is 0 Å². The minimum atomic E-state index is -4.46. The summed E-state index contributed by atoms with van der Waals surface area (Å²) in [6.45, 7) is 0.974. The monoisotopic (exact) mass is 339 g/mol. The van der Waals surface area contributed by atoms with Gasteiger partial charge in [0.1, 0.15) is 5.75 Å². The van der Waals surface area contributed by atoms with Gasteiger partial charge in [0.2, 0.25) is 0 Å². The number of benzene rings is 1. The number of hydrogen-bond acceptors (Lipinski definition) is 3. The summed E-state index contributed by atoms with van der Waals surface area (Å²) in [4.78, 5) is 20.6. The lowest BCUT2D eigenvalue weighted by molar-refractivity contribution is -0.138. The molecule has 0 bridgehead atoms. The number of alkyl halides is 3. The van der Waals surface area contributed by atoms with Crippen LogP contribution in [0.1, 0.15) is 34.1 Å². The third kappa shape index (κ3) is 3.08. The van der Waals surface area contributed by atoms with Crippen LogP contribution in [0, 0.1) is 0 Å². The van der Waals surface area contributed by atoms with E-state index in [-0.39, 0.29) is 23.4 Å². The predicted molar refractivity (Wildman–Crippen MR) is 79.8 cm³/mol. The minimum Gasteiger partial charge on any atom is -0.496 e. The predicted octanol–water partition coefficient (Wildman–Crippen LogP) is 3.07. The van der Waals surface area contributed by atoms with Crippen molar-refractivity contribution in [3.05, 3.63) is 47.5 Å². The Bertz CT molecular complexity index is 729. The van der Waals surface area contributed by atoms with Crippen molar-refractivity contribution in [1.82, 2.24) is 14.9 Å². The molecule has 1 aromatic carbocycles. The third-order valence-corrected chi connectivity index (χ3v) is 4.18. The van der Waals surface area contributed by atoms with E-state index < -0.39 is 11.7 Å². The van der Waals surface area contributed by atoms with Crippen LogP contribution in [0.2, 0.25) is 0 Å². The molecule has 3 rings (SSSR count). The average molecular weight is 339 g/mol. The van der Waals surface area contributed by atoms with Crippen molar-refractivity contribution >= 4 is 5.91 Å². The summed E-state index contributed by atoms with van der Waals surface area (Å²) >= 11 is 0. The molecule has 0 spiro atoms. The van der Waals surface area contributed by atoms with E-state index in [2.05, 4.69) is 9.97 Å². The van der Waals surface area contributed by atoms with Gasteiger partial charge in [-0.05, 0) is 24.1 Å². The van der Waals surface area contributed by atoms with E-state index >= 15 is 0 Å². The number of aromatic nitrogens is 2. The maximum Gasteiger partial charge on any atom is 0.419 e. The van der Waals surface area contributed by atoms with E-state index in [1.165, 1.54) is 25.4 Å². The first-order chi connectivity index (χ1) is 11.4. The molecular formula is C16H16F3N3O2. The smallest absolute Gasteiger partial charge is 0.419 e. The Morgan fingerprint density at radius 2 is 2.21 bits per heavy atom. The lowest BCUT2D eigenvalue weighted by Gasteiger charge is -2.17. The Hall–Kier alpha value is -2.51. The number of methoxy groups -OCH3 is 1. The summed E-state index contributed by atoms with van der Waals surface area (Å²) in [6, 6.07) is 3.90. The van der Waals surface area contributed by atoms with Gasteiger partial charge in [-0.25, -0.2) is 4.98 Å². The Kier molecular flexibility index (Phi) is 4.21. The number of imidazole rings is 1. The molecule has 128 valence electrons. The van der Waals surface area contributed by atoms with Gasteiger partial charge in [-0.3, -0.25) is 4.79 Å². The Labute approximate surface area is 136 Å². The standard InChI is InChI=1S/C16H16F3N3O2/c1-24-13-8-10(2-3-12(13)16(17,18)19)11-4-7-22(9-11)15(23)14-20-5-6-21-14/h2-3,5-6,8,11H,4,7,9H2,1H3,(H,20,21). The second-order valence-electron chi connectivity index (χ2n) is 5.63. The van der Waals surface area contributed by atoms with Crippen LogP contribution in [0.15, 0.2) is 30.6 Å². The lowest BCUT2D eigenvalue weighted by Crippen LogP contribution is -2.29. The molecular weight excluding hydrogens is 323 g/mol. The second kappa shape index (κ2) is 6.18. The molecule has 2 aromatic rings. The molecule has 1 atom stereocenters. The number of halogens is 3. The zero-order valence-corrected chi connectivity index (χ0v) is 12.9. The molecule has 0 radical (unpaired) electrons. The van der Waals surface area contributed by atoms with E-state index in [9.17, 15) is 18.0 Å². The van der Waals surface area contributed by atoms with Gasteiger partial charge in [0.05, 0.1) is 12.7 Å². The molecule has 0 saturated carbocycles. The van der Waals surface area contributed by atoms with Crippen LogP contribution in [0.5, 0.6) is 5.75 Å². The highest BCUT2D eigenvalue weighted by Crippen LogP contribution is 2.39. The highest BCUT2D eigenvalue weighted by Gasteiger charge is 2.35. The number of hydrogen-bond donors (Lipinski definition) is 1. The van der Waals surface area contributed by atoms with Crippen molar-refractivity contribution in [3.63, 3.8) is 0 Å². The zero-order valence-electron chi connectivity index (χ0n) is 12.9. The molecule has 1 fully saturated rings. The number of aromatic amines is 1. The normalized spacial score (nSPS) is 18.0. The van der Waals surface area contributed by atoms with Gasteiger partial charge in [0.15, 0.2) is 5.82 Å². The summed E-state index contributed by atoms with van der Waals surface area (Å²) in [5.41, 5.74) is -0.0649. The minimum absolute atomic E-state index is 0.0277. The SMILES string of the molecule is COc1cc(C2CCN(C(=O)c3ncc[nH]3)C2)ccc1C(F)(F)F. The highest BCUT2D eigenvalue weighted by atomic mass is 19.4. The first kappa shape index (κ1) is 16.4. The first-order valence-corrected chi connectivity index (χ1v) is 7.44. The molecule has 8 heteroatoms. The largest absolute Gasteiger partial charge is 0.496 e. The van der Waals surface area contributed by atoms with Crippen LogP contribution in [-0.4, -0.2) is 41.0 Å². The van der Waals surface area contributed by atoms with Crippen LogP contribution in [0.3, 0.4) is 0 Å². The molecule has 24 heavy (non-hydrogen) atoms. The molecule has 1 N–H and O–H groups in total. The van der Waals surface area contributed by atoms with Crippen molar-refractivity contribution in [2.45, 2.75) is 18.5 Å². The van der Waals surface area contributed by atoms with Crippen LogP contribution in [0.25, 0.3) is 0 Å². The number of amides is 1. The van der Waals surface area contributed by atoms with Crippen molar-refractivity contribution < 1.29 is 22.7 Å². The molecule has 1 aliphatic heterocycles. The summed E-state index contributed by atoms with van der Waals surface area (Å²) < 4.78 is 43.7. The number of carbonyl (C=O) groups excluding carboxylic acids is 1. The Morgan fingerprint density at radius 3 is 2.83 bits per heavy atom. The van der Waals surface area contributed by atoms with Crippen molar-refractivity contribution in [3.8, 4) is 5.75 Å². The Balaban J connectivity index is 1.77. The van der Waals surface area contributed by atoms with Crippen molar-refractivity contribution in [2.75, 3.05) is 20.2 Å². The second-order valence-corrected chi connectivity index (χ2v) is 5.63. The lowest BCUT2D eigenvalue weighted by atomic mass is 9.96. The summed E-state index contributed by atoms with van der Waals surface area (Å²) in [6.07, 6.45) is -0.704. The molecule has 0 aliphatic carbocycles. The summed E-state index contributed by atoms with van der Waals surface area (Å²) in [5.74, 6) is -0.169. The van der Waals surface area contributed by atoms with Gasteiger partial charge < -0.3 is 14.6 Å². The van der Waals surface area contributed by atoms with Gasteiger partial charge in [0.25, 0.3) is 5.91 Å². The molecule has 1 saturated heterocycles. The number of rotatable bonds is 3. The van der Waals surface area contributed by atoms with Crippen LogP contribution in [-0.2, 0) is 6.18 Å². The molecule has 1 aliphatic rings. The molecule has 1 aromatic heterocycles. The van der Waals surface area contributed by atoms with E-state index in [0.29, 0.717) is 19.5 Å². The first-order valence-electron chi connectivity index (χ1n) is 7.44. The van der Waals surface area contributed by atoms with Gasteiger partial charge in [-0.1, -0.05) is 6.07 Å². The highest BCUT2D eigenvalue weighted by molar-refractivity contribution is 5.90. The summed E-state index contributed by atoms with van der Waals surface area (Å²) in [7, 11) is 1.22. The van der Waals surface area contributed by atoms with Gasteiger partial charge >= 0.3 is 6.18 Å². The van der Waals surface area contributed by atoms with Crippen LogP contribution in [0.4, 0.5) is 13.2 Å². The summed E-state index contributed by atoms with van der Waals surface area (Å²) in [5, 5.41) is 0.